The zero-order valence-electron chi connectivity index (χ0n) is 23.0. The van der Waals surface area contributed by atoms with Crippen LogP contribution >= 0.6 is 0 Å². The van der Waals surface area contributed by atoms with E-state index in [1.807, 2.05) is 12.1 Å². The van der Waals surface area contributed by atoms with Crippen LogP contribution in [0.1, 0.15) is 53.4 Å². The lowest BCUT2D eigenvalue weighted by molar-refractivity contribution is 0.112. The molecule has 0 amide bonds. The van der Waals surface area contributed by atoms with E-state index in [4.69, 9.17) is 13.9 Å². The molecular weight excluding hydrogens is 464 g/mol. The quantitative estimate of drug-likeness (QED) is 0.159. The van der Waals surface area contributed by atoms with Crippen LogP contribution in [0.2, 0.25) is 18.1 Å². The molecule has 0 aliphatic rings. The number of hydrogen-bond donors (Lipinski definition) is 0. The Hall–Kier alpha value is -2.89. The lowest BCUT2D eigenvalue weighted by Gasteiger charge is -2.36. The Labute approximate surface area is 217 Å². The van der Waals surface area contributed by atoms with E-state index in [1.165, 1.54) is 22.3 Å². The molecule has 0 radical (unpaired) electrons. The third-order valence-electron chi connectivity index (χ3n) is 7.28. The highest BCUT2D eigenvalue weighted by molar-refractivity contribution is 6.74. The van der Waals surface area contributed by atoms with Crippen molar-refractivity contribution in [3.63, 3.8) is 0 Å². The Morgan fingerprint density at radius 2 is 1.53 bits per heavy atom. The molecule has 0 atom stereocenters. The van der Waals surface area contributed by atoms with Crippen molar-refractivity contribution in [3.8, 4) is 22.6 Å². The Kier molecular flexibility index (Phi) is 8.80. The highest BCUT2D eigenvalue weighted by Crippen LogP contribution is 2.37. The fraction of sp³-hybridized carbons (Fsp3) is 0.387. The van der Waals surface area contributed by atoms with Gasteiger partial charge < -0.3 is 13.9 Å². The van der Waals surface area contributed by atoms with Gasteiger partial charge in [0.2, 0.25) is 0 Å². The molecule has 0 aromatic heterocycles. The van der Waals surface area contributed by atoms with E-state index in [9.17, 15) is 4.79 Å². The molecule has 0 N–H and O–H groups in total. The lowest BCUT2D eigenvalue weighted by atomic mass is 9.92. The van der Waals surface area contributed by atoms with Gasteiger partial charge in [0.25, 0.3) is 0 Å². The van der Waals surface area contributed by atoms with Crippen molar-refractivity contribution in [2.45, 2.75) is 66.3 Å². The summed E-state index contributed by atoms with van der Waals surface area (Å²) >= 11 is 0. The van der Waals surface area contributed by atoms with E-state index in [0.29, 0.717) is 25.4 Å². The summed E-state index contributed by atoms with van der Waals surface area (Å²) in [6.45, 7) is 19.3. The van der Waals surface area contributed by atoms with Crippen molar-refractivity contribution in [1.29, 1.82) is 0 Å². The summed E-state index contributed by atoms with van der Waals surface area (Å²) in [6.07, 6.45) is 0.834. The predicted molar refractivity (Wildman–Crippen MR) is 151 cm³/mol. The first-order chi connectivity index (χ1) is 16.9. The fourth-order valence-electron chi connectivity index (χ4n) is 3.84. The Morgan fingerprint density at radius 3 is 2.17 bits per heavy atom. The summed E-state index contributed by atoms with van der Waals surface area (Å²) in [5.41, 5.74) is 7.65. The van der Waals surface area contributed by atoms with Crippen molar-refractivity contribution < 1.29 is 18.7 Å². The van der Waals surface area contributed by atoms with E-state index < -0.39 is 8.32 Å². The van der Waals surface area contributed by atoms with Gasteiger partial charge in [0.05, 0.1) is 6.61 Å². The third kappa shape index (κ3) is 6.65. The second-order valence-electron chi connectivity index (χ2n) is 11.0. The standard InChI is InChI=1S/C31H40O4Si/c1-22-19-30(33-16-17-35-36(7,8)31(4,5)6)23(2)18-29(22)28-11-9-10-26(24(28)3)21-34-27-14-12-25(20-32)13-15-27/h9-15,18-20H,16-17,21H2,1-8H3. The topological polar surface area (TPSA) is 44.8 Å². The summed E-state index contributed by atoms with van der Waals surface area (Å²) in [4.78, 5) is 10.9. The average molecular weight is 505 g/mol. The van der Waals surface area contributed by atoms with Gasteiger partial charge in [-0.05, 0) is 109 Å². The molecule has 0 heterocycles. The normalized spacial score (nSPS) is 11.9. The van der Waals surface area contributed by atoms with Crippen molar-refractivity contribution in [2.24, 2.45) is 0 Å². The molecule has 0 aliphatic carbocycles. The fourth-order valence-corrected chi connectivity index (χ4v) is 4.86. The number of ether oxygens (including phenoxy) is 2. The highest BCUT2D eigenvalue weighted by Gasteiger charge is 2.36. The minimum absolute atomic E-state index is 0.194. The molecule has 36 heavy (non-hydrogen) atoms. The van der Waals surface area contributed by atoms with E-state index in [1.54, 1.807) is 12.1 Å². The highest BCUT2D eigenvalue weighted by atomic mass is 28.4. The number of hydrogen-bond acceptors (Lipinski definition) is 4. The number of carbonyl (C=O) groups is 1. The van der Waals surface area contributed by atoms with Crippen LogP contribution in [-0.4, -0.2) is 27.8 Å². The lowest BCUT2D eigenvalue weighted by Crippen LogP contribution is -2.41. The summed E-state index contributed by atoms with van der Waals surface area (Å²) < 4.78 is 18.4. The molecule has 0 bridgehead atoms. The molecule has 0 fully saturated rings. The number of benzene rings is 3. The van der Waals surface area contributed by atoms with Crippen molar-refractivity contribution >= 4 is 14.6 Å². The maximum absolute atomic E-state index is 10.9. The van der Waals surface area contributed by atoms with Gasteiger partial charge >= 0.3 is 0 Å². The minimum Gasteiger partial charge on any atom is -0.491 e. The van der Waals surface area contributed by atoms with Crippen LogP contribution in [-0.2, 0) is 11.0 Å². The molecule has 3 rings (SSSR count). The summed E-state index contributed by atoms with van der Waals surface area (Å²) in [5.74, 6) is 1.66. The van der Waals surface area contributed by atoms with Crippen molar-refractivity contribution in [2.75, 3.05) is 13.2 Å². The first kappa shape index (κ1) is 27.7. The Bertz CT molecular complexity index is 1190. The van der Waals surface area contributed by atoms with Gasteiger partial charge in [-0.25, -0.2) is 0 Å². The number of aldehydes is 1. The maximum atomic E-state index is 10.9. The van der Waals surface area contributed by atoms with Gasteiger partial charge in [-0.3, -0.25) is 4.79 Å². The smallest absolute Gasteiger partial charge is 0.192 e. The first-order valence-corrected chi connectivity index (χ1v) is 15.5. The van der Waals surface area contributed by atoms with Crippen LogP contribution in [0.4, 0.5) is 0 Å². The van der Waals surface area contributed by atoms with Crippen LogP contribution in [0.25, 0.3) is 11.1 Å². The molecule has 0 saturated carbocycles. The van der Waals surface area contributed by atoms with Gasteiger partial charge in [0, 0.05) is 5.56 Å². The number of carbonyl (C=O) groups excluding carboxylic acids is 1. The van der Waals surface area contributed by atoms with Crippen molar-refractivity contribution in [3.05, 3.63) is 82.4 Å². The molecule has 192 valence electrons. The Morgan fingerprint density at radius 1 is 0.833 bits per heavy atom. The second kappa shape index (κ2) is 11.4. The van der Waals surface area contributed by atoms with Crippen molar-refractivity contribution in [1.82, 2.24) is 0 Å². The summed E-state index contributed by atoms with van der Waals surface area (Å²) in [7, 11) is -1.77. The Balaban J connectivity index is 1.70. The van der Waals surface area contributed by atoms with Crippen LogP contribution in [0, 0.1) is 20.8 Å². The molecule has 0 saturated heterocycles. The van der Waals surface area contributed by atoms with E-state index in [-0.39, 0.29) is 5.04 Å². The van der Waals surface area contributed by atoms with E-state index >= 15 is 0 Å². The molecule has 0 spiro atoms. The minimum atomic E-state index is -1.77. The zero-order chi connectivity index (χ0) is 26.5. The van der Waals surface area contributed by atoms with Crippen LogP contribution in [0.15, 0.2) is 54.6 Å². The van der Waals surface area contributed by atoms with E-state index in [0.717, 1.165) is 28.9 Å². The predicted octanol–water partition coefficient (Wildman–Crippen LogP) is 8.07. The molecular formula is C31H40O4Si. The van der Waals surface area contributed by atoms with Gasteiger partial charge in [-0.15, -0.1) is 0 Å². The average Bonchev–Trinajstić information content (AvgIpc) is 2.82. The molecule has 3 aromatic rings. The molecule has 4 nitrogen and oxygen atoms in total. The SMILES string of the molecule is Cc1cc(-c2cccc(COc3ccc(C=O)cc3)c2C)c(C)cc1OCCO[Si](C)(C)C(C)(C)C. The molecule has 0 aliphatic heterocycles. The zero-order valence-corrected chi connectivity index (χ0v) is 24.0. The summed E-state index contributed by atoms with van der Waals surface area (Å²) in [5, 5.41) is 0.194. The molecule has 0 unspecified atom stereocenters. The third-order valence-corrected chi connectivity index (χ3v) is 11.8. The van der Waals surface area contributed by atoms with Gasteiger partial charge in [-0.1, -0.05) is 39.0 Å². The van der Waals surface area contributed by atoms with Gasteiger partial charge in [0.15, 0.2) is 8.32 Å². The van der Waals surface area contributed by atoms with Gasteiger partial charge in [0.1, 0.15) is 31.0 Å². The number of aryl methyl sites for hydroxylation is 2. The first-order valence-electron chi connectivity index (χ1n) is 12.6. The largest absolute Gasteiger partial charge is 0.491 e. The monoisotopic (exact) mass is 504 g/mol. The van der Waals surface area contributed by atoms with Gasteiger partial charge in [-0.2, -0.15) is 0 Å². The van der Waals surface area contributed by atoms with Crippen LogP contribution in [0.5, 0.6) is 11.5 Å². The second-order valence-corrected chi connectivity index (χ2v) is 15.8. The number of rotatable bonds is 10. The maximum Gasteiger partial charge on any atom is 0.192 e. The van der Waals surface area contributed by atoms with E-state index in [2.05, 4.69) is 85.0 Å². The molecule has 5 heteroatoms. The molecule has 3 aromatic carbocycles. The van der Waals surface area contributed by atoms with Crippen LogP contribution in [0.3, 0.4) is 0 Å². The van der Waals surface area contributed by atoms with Crippen LogP contribution < -0.4 is 9.47 Å². The summed E-state index contributed by atoms with van der Waals surface area (Å²) in [6, 6.07) is 17.9.